The Morgan fingerprint density at radius 1 is 1.22 bits per heavy atom. The zero-order chi connectivity index (χ0) is 13.2. The molecule has 0 saturated heterocycles. The number of hydrogen-bond acceptors (Lipinski definition) is 3. The molecule has 1 unspecified atom stereocenters. The Bertz CT molecular complexity index is 340. The van der Waals surface area contributed by atoms with Crippen molar-refractivity contribution in [3.8, 4) is 0 Å². The standard InChI is InChI=1S/C14H20O3S/c15-13(10-14(16)17)8-4-5-9-18-11-12-6-2-1-3-7-12/h1-3,6-7,13,15H,4-5,8-11H2,(H,16,17). The molecule has 100 valence electrons. The fourth-order valence-corrected chi connectivity index (χ4v) is 2.63. The quantitative estimate of drug-likeness (QED) is 0.676. The second-order valence-electron chi connectivity index (χ2n) is 4.29. The Hall–Kier alpha value is -1.00. The number of aliphatic carboxylic acids is 1. The Morgan fingerprint density at radius 3 is 2.61 bits per heavy atom. The first-order chi connectivity index (χ1) is 8.68. The smallest absolute Gasteiger partial charge is 0.305 e. The number of carboxylic acid groups (broad SMARTS) is 1. The molecule has 0 aliphatic rings. The van der Waals surface area contributed by atoms with E-state index in [1.54, 1.807) is 0 Å². The lowest BCUT2D eigenvalue weighted by Crippen LogP contribution is -2.12. The number of aliphatic hydroxyl groups excluding tert-OH is 1. The first kappa shape index (κ1) is 15.1. The third kappa shape index (κ3) is 7.35. The molecule has 0 spiro atoms. The van der Waals surface area contributed by atoms with Gasteiger partial charge in [-0.1, -0.05) is 36.8 Å². The number of unbranched alkanes of at least 4 members (excludes halogenated alkanes) is 1. The SMILES string of the molecule is O=C(O)CC(O)CCCCSCc1ccccc1. The van der Waals surface area contributed by atoms with Gasteiger partial charge in [0.15, 0.2) is 0 Å². The molecule has 4 heteroatoms. The minimum absolute atomic E-state index is 0.142. The van der Waals surface area contributed by atoms with Gasteiger partial charge in [0.25, 0.3) is 0 Å². The van der Waals surface area contributed by atoms with E-state index >= 15 is 0 Å². The highest BCUT2D eigenvalue weighted by Crippen LogP contribution is 2.14. The summed E-state index contributed by atoms with van der Waals surface area (Å²) in [6, 6.07) is 10.3. The average molecular weight is 268 g/mol. The van der Waals surface area contributed by atoms with Crippen LogP contribution in [0.5, 0.6) is 0 Å². The highest BCUT2D eigenvalue weighted by molar-refractivity contribution is 7.98. The third-order valence-corrected chi connectivity index (χ3v) is 3.71. The second kappa shape index (κ2) is 9.00. The van der Waals surface area contributed by atoms with Gasteiger partial charge in [-0.05, 0) is 24.2 Å². The summed E-state index contributed by atoms with van der Waals surface area (Å²) in [5.41, 5.74) is 1.33. The number of carbonyl (C=O) groups is 1. The Kier molecular flexibility index (Phi) is 7.53. The van der Waals surface area contributed by atoms with Crippen LogP contribution in [-0.2, 0) is 10.5 Å². The predicted octanol–water partition coefficient (Wildman–Crippen LogP) is 2.93. The van der Waals surface area contributed by atoms with Crippen LogP contribution >= 0.6 is 11.8 Å². The van der Waals surface area contributed by atoms with Crippen molar-refractivity contribution < 1.29 is 15.0 Å². The molecule has 1 aromatic rings. The number of benzene rings is 1. The molecule has 1 rings (SSSR count). The molecule has 1 atom stereocenters. The van der Waals surface area contributed by atoms with Gasteiger partial charge in [0.2, 0.25) is 0 Å². The second-order valence-corrected chi connectivity index (χ2v) is 5.39. The van der Waals surface area contributed by atoms with Crippen molar-refractivity contribution in [2.45, 2.75) is 37.5 Å². The number of thioether (sulfide) groups is 1. The molecule has 0 aliphatic carbocycles. The van der Waals surface area contributed by atoms with Crippen LogP contribution in [0, 0.1) is 0 Å². The van der Waals surface area contributed by atoms with Crippen molar-refractivity contribution in [1.29, 1.82) is 0 Å². The molecule has 0 radical (unpaired) electrons. The van der Waals surface area contributed by atoms with E-state index in [4.69, 9.17) is 5.11 Å². The maximum Gasteiger partial charge on any atom is 0.305 e. The van der Waals surface area contributed by atoms with Crippen LogP contribution in [-0.4, -0.2) is 28.0 Å². The van der Waals surface area contributed by atoms with Gasteiger partial charge < -0.3 is 10.2 Å². The fourth-order valence-electron chi connectivity index (χ4n) is 1.65. The lowest BCUT2D eigenvalue weighted by Gasteiger charge is -2.07. The third-order valence-electron chi connectivity index (χ3n) is 2.60. The van der Waals surface area contributed by atoms with E-state index in [0.717, 1.165) is 24.3 Å². The average Bonchev–Trinajstić information content (AvgIpc) is 2.34. The normalized spacial score (nSPS) is 12.3. The molecule has 0 aliphatic heterocycles. The Labute approximate surface area is 112 Å². The molecular formula is C14H20O3S. The molecule has 3 nitrogen and oxygen atoms in total. The van der Waals surface area contributed by atoms with Gasteiger partial charge in [-0.2, -0.15) is 11.8 Å². The highest BCUT2D eigenvalue weighted by atomic mass is 32.2. The van der Waals surface area contributed by atoms with Crippen LogP contribution in [0.3, 0.4) is 0 Å². The monoisotopic (exact) mass is 268 g/mol. The predicted molar refractivity (Wildman–Crippen MR) is 74.7 cm³/mol. The van der Waals surface area contributed by atoms with Crippen molar-refractivity contribution in [2.24, 2.45) is 0 Å². The van der Waals surface area contributed by atoms with Crippen molar-refractivity contribution in [2.75, 3.05) is 5.75 Å². The van der Waals surface area contributed by atoms with Crippen LogP contribution in [0.15, 0.2) is 30.3 Å². The summed E-state index contributed by atoms with van der Waals surface area (Å²) in [7, 11) is 0. The molecule has 0 bridgehead atoms. The highest BCUT2D eigenvalue weighted by Gasteiger charge is 2.08. The van der Waals surface area contributed by atoms with Gasteiger partial charge in [-0.25, -0.2) is 0 Å². The van der Waals surface area contributed by atoms with Gasteiger partial charge in [0, 0.05) is 5.75 Å². The van der Waals surface area contributed by atoms with E-state index < -0.39 is 12.1 Å². The minimum atomic E-state index is -0.930. The molecule has 1 aromatic carbocycles. The van der Waals surface area contributed by atoms with Gasteiger partial charge in [-0.15, -0.1) is 0 Å². The van der Waals surface area contributed by atoms with E-state index in [-0.39, 0.29) is 6.42 Å². The van der Waals surface area contributed by atoms with Crippen molar-refractivity contribution in [1.82, 2.24) is 0 Å². The molecule has 0 amide bonds. The van der Waals surface area contributed by atoms with Crippen LogP contribution in [0.2, 0.25) is 0 Å². The van der Waals surface area contributed by atoms with Crippen molar-refractivity contribution >= 4 is 17.7 Å². The first-order valence-electron chi connectivity index (χ1n) is 6.20. The van der Waals surface area contributed by atoms with E-state index in [1.165, 1.54) is 5.56 Å². The Balaban J connectivity index is 1.97. The van der Waals surface area contributed by atoms with E-state index in [0.29, 0.717) is 6.42 Å². The topological polar surface area (TPSA) is 57.5 Å². The van der Waals surface area contributed by atoms with Crippen LogP contribution < -0.4 is 0 Å². The van der Waals surface area contributed by atoms with Crippen LogP contribution in [0.4, 0.5) is 0 Å². The minimum Gasteiger partial charge on any atom is -0.481 e. The lowest BCUT2D eigenvalue weighted by molar-refractivity contribution is -0.139. The zero-order valence-corrected chi connectivity index (χ0v) is 11.2. The lowest BCUT2D eigenvalue weighted by atomic mass is 10.1. The molecule has 0 heterocycles. The van der Waals surface area contributed by atoms with E-state index in [9.17, 15) is 9.90 Å². The molecule has 0 saturated carbocycles. The summed E-state index contributed by atoms with van der Waals surface area (Å²) in [5.74, 6) is 1.13. The number of rotatable bonds is 9. The van der Waals surface area contributed by atoms with Crippen molar-refractivity contribution in [3.05, 3.63) is 35.9 Å². The molecule has 0 aromatic heterocycles. The Morgan fingerprint density at radius 2 is 1.94 bits per heavy atom. The summed E-state index contributed by atoms with van der Waals surface area (Å²) < 4.78 is 0. The fraction of sp³-hybridized carbons (Fsp3) is 0.500. The maximum absolute atomic E-state index is 10.3. The van der Waals surface area contributed by atoms with Gasteiger partial charge in [0.05, 0.1) is 12.5 Å². The largest absolute Gasteiger partial charge is 0.481 e. The van der Waals surface area contributed by atoms with Gasteiger partial charge in [0.1, 0.15) is 0 Å². The van der Waals surface area contributed by atoms with Crippen molar-refractivity contribution in [3.63, 3.8) is 0 Å². The first-order valence-corrected chi connectivity index (χ1v) is 7.35. The number of hydrogen-bond donors (Lipinski definition) is 2. The zero-order valence-electron chi connectivity index (χ0n) is 10.4. The molecule has 2 N–H and O–H groups in total. The summed E-state index contributed by atoms with van der Waals surface area (Å²) in [6.45, 7) is 0. The summed E-state index contributed by atoms with van der Waals surface area (Å²) >= 11 is 1.87. The van der Waals surface area contributed by atoms with Crippen LogP contribution in [0.1, 0.15) is 31.2 Å². The van der Waals surface area contributed by atoms with E-state index in [1.807, 2.05) is 30.0 Å². The summed E-state index contributed by atoms with van der Waals surface area (Å²) in [5, 5.41) is 17.9. The molecule has 0 fully saturated rings. The maximum atomic E-state index is 10.3. The van der Waals surface area contributed by atoms with Gasteiger partial charge in [-0.3, -0.25) is 4.79 Å². The van der Waals surface area contributed by atoms with Crippen LogP contribution in [0.25, 0.3) is 0 Å². The summed E-state index contributed by atoms with van der Waals surface area (Å²) in [6.07, 6.45) is 1.65. The summed E-state index contributed by atoms with van der Waals surface area (Å²) in [4.78, 5) is 10.3. The number of aliphatic hydroxyl groups is 1. The van der Waals surface area contributed by atoms with E-state index in [2.05, 4.69) is 12.1 Å². The number of carboxylic acids is 1. The van der Waals surface area contributed by atoms with Gasteiger partial charge >= 0.3 is 5.97 Å². The molecular weight excluding hydrogens is 248 g/mol. The molecule has 18 heavy (non-hydrogen) atoms.